The van der Waals surface area contributed by atoms with Gasteiger partial charge in [-0.3, -0.25) is 0 Å². The molecule has 0 amide bonds. The van der Waals surface area contributed by atoms with E-state index >= 15 is 0 Å². The van der Waals surface area contributed by atoms with E-state index in [4.69, 9.17) is 11.6 Å². The van der Waals surface area contributed by atoms with Crippen LogP contribution in [0.5, 0.6) is 0 Å². The number of hydrogen-bond acceptors (Lipinski definition) is 1. The molecule has 2 rings (SSSR count). The first-order chi connectivity index (χ1) is 7.19. The molecule has 0 bridgehead atoms. The molecule has 0 N–H and O–H groups in total. The van der Waals surface area contributed by atoms with Gasteiger partial charge in [0.25, 0.3) is 0 Å². The molecule has 0 aromatic carbocycles. The van der Waals surface area contributed by atoms with Gasteiger partial charge >= 0.3 is 0 Å². The molecule has 3 heteroatoms. The predicted octanol–water partition coefficient (Wildman–Crippen LogP) is 5.78. The molecule has 1 heterocycles. The molecular weight excluding hydrogens is 304 g/mol. The first-order valence-electron chi connectivity index (χ1n) is 5.59. The molecule has 90 valence electrons. The van der Waals surface area contributed by atoms with E-state index < -0.39 is 0 Å². The molecule has 1 atom stereocenters. The summed E-state index contributed by atoms with van der Waals surface area (Å²) in [6, 6.07) is 2.18. The van der Waals surface area contributed by atoms with Crippen LogP contribution in [0.4, 0.5) is 0 Å². The Kier molecular flexibility index (Phi) is 3.01. The summed E-state index contributed by atoms with van der Waals surface area (Å²) in [5.74, 6) is 0.576. The molecule has 0 spiro atoms. The van der Waals surface area contributed by atoms with E-state index in [1.807, 2.05) is 11.3 Å². The highest BCUT2D eigenvalue weighted by Crippen LogP contribution is 2.73. The fraction of sp³-hybridized carbons (Fsp3) is 0.692. The zero-order valence-corrected chi connectivity index (χ0v) is 13.6. The lowest BCUT2D eigenvalue weighted by Gasteiger charge is -2.08. The Bertz CT molecular complexity index is 386. The summed E-state index contributed by atoms with van der Waals surface area (Å²) in [6.45, 7) is 11.4. The van der Waals surface area contributed by atoms with Crippen molar-refractivity contribution in [1.29, 1.82) is 0 Å². The summed E-state index contributed by atoms with van der Waals surface area (Å²) in [4.78, 5) is 2.62. The van der Waals surface area contributed by atoms with Crippen molar-refractivity contribution in [1.82, 2.24) is 0 Å². The number of halogens is 2. The second kappa shape index (κ2) is 3.73. The Labute approximate surface area is 116 Å². The topological polar surface area (TPSA) is 0 Å². The van der Waals surface area contributed by atoms with Crippen molar-refractivity contribution in [3.05, 3.63) is 20.3 Å². The first kappa shape index (κ1) is 12.9. The van der Waals surface area contributed by atoms with Gasteiger partial charge in [-0.1, -0.05) is 27.7 Å². The summed E-state index contributed by atoms with van der Waals surface area (Å²) in [7, 11) is 0. The van der Waals surface area contributed by atoms with Crippen molar-refractivity contribution >= 4 is 38.9 Å². The highest BCUT2D eigenvalue weighted by molar-refractivity contribution is 9.10. The minimum atomic E-state index is 0.153. The lowest BCUT2D eigenvalue weighted by atomic mass is 10.0. The van der Waals surface area contributed by atoms with Crippen LogP contribution in [0.15, 0.2) is 10.5 Å². The number of thiophene rings is 1. The fourth-order valence-electron chi connectivity index (χ4n) is 2.76. The van der Waals surface area contributed by atoms with Crippen molar-refractivity contribution in [3.8, 4) is 0 Å². The maximum absolute atomic E-state index is 6.65. The molecule has 1 aromatic rings. The summed E-state index contributed by atoms with van der Waals surface area (Å²) >= 11 is 12.0. The maximum Gasteiger partial charge on any atom is 0.0717 e. The number of alkyl halides is 1. The van der Waals surface area contributed by atoms with E-state index in [1.54, 1.807) is 0 Å². The van der Waals surface area contributed by atoms with Crippen LogP contribution >= 0.6 is 38.9 Å². The molecule has 0 radical (unpaired) electrons. The first-order valence-corrected chi connectivity index (χ1v) is 7.64. The molecule has 1 fully saturated rings. The van der Waals surface area contributed by atoms with Crippen molar-refractivity contribution < 1.29 is 0 Å². The third kappa shape index (κ3) is 1.69. The fourth-order valence-corrected chi connectivity index (χ4v) is 5.16. The van der Waals surface area contributed by atoms with Crippen LogP contribution in [0.3, 0.4) is 0 Å². The highest BCUT2D eigenvalue weighted by Gasteiger charge is 2.67. The summed E-state index contributed by atoms with van der Waals surface area (Å²) < 4.78 is 1.19. The van der Waals surface area contributed by atoms with Crippen LogP contribution in [0.25, 0.3) is 0 Å². The highest BCUT2D eigenvalue weighted by atomic mass is 79.9. The van der Waals surface area contributed by atoms with E-state index in [0.717, 1.165) is 0 Å². The summed E-state index contributed by atoms with van der Waals surface area (Å²) in [5.41, 5.74) is 0.702. The van der Waals surface area contributed by atoms with Gasteiger partial charge in [-0.05, 0) is 45.7 Å². The average Bonchev–Trinajstić information content (AvgIpc) is 2.39. The largest absolute Gasteiger partial charge is 0.143 e. The molecule has 1 unspecified atom stereocenters. The van der Waals surface area contributed by atoms with Crippen molar-refractivity contribution in [2.75, 3.05) is 0 Å². The van der Waals surface area contributed by atoms with E-state index in [-0.39, 0.29) is 5.38 Å². The standard InChI is InChI=1S/C13H18BrClS/c1-7-8(14)6-9(16-7)10(15)11-12(2,3)13(11,4)5/h6,10-11H,1-5H3. The zero-order valence-electron chi connectivity index (χ0n) is 10.4. The predicted molar refractivity (Wildman–Crippen MR) is 76.4 cm³/mol. The van der Waals surface area contributed by atoms with E-state index in [0.29, 0.717) is 16.7 Å². The summed E-state index contributed by atoms with van der Waals surface area (Å²) in [5, 5.41) is 0.153. The monoisotopic (exact) mass is 320 g/mol. The average molecular weight is 322 g/mol. The molecule has 0 saturated heterocycles. The molecule has 1 saturated carbocycles. The quantitative estimate of drug-likeness (QED) is 0.606. The molecular formula is C13H18BrClS. The van der Waals surface area contributed by atoms with E-state index in [9.17, 15) is 0 Å². The number of rotatable bonds is 2. The van der Waals surface area contributed by atoms with Gasteiger partial charge < -0.3 is 0 Å². The molecule has 0 nitrogen and oxygen atoms in total. The molecule has 1 aromatic heterocycles. The second-order valence-electron chi connectivity index (χ2n) is 5.88. The van der Waals surface area contributed by atoms with Crippen LogP contribution in [0.1, 0.15) is 42.8 Å². The Balaban J connectivity index is 2.25. The minimum Gasteiger partial charge on any atom is -0.143 e. The Morgan fingerprint density at radius 1 is 1.31 bits per heavy atom. The Hall–Kier alpha value is 0.470. The van der Waals surface area contributed by atoms with Crippen LogP contribution in [-0.4, -0.2) is 0 Å². The summed E-state index contributed by atoms with van der Waals surface area (Å²) in [6.07, 6.45) is 0. The second-order valence-corrected chi connectivity index (χ2v) is 8.49. The third-order valence-electron chi connectivity index (χ3n) is 4.57. The SMILES string of the molecule is Cc1sc(C(Cl)C2C(C)(C)C2(C)C)cc1Br. The van der Waals surface area contributed by atoms with Gasteiger partial charge in [-0.15, -0.1) is 22.9 Å². The van der Waals surface area contributed by atoms with Crippen molar-refractivity contribution in [3.63, 3.8) is 0 Å². The Morgan fingerprint density at radius 2 is 1.81 bits per heavy atom. The normalized spacial score (nSPS) is 24.4. The zero-order chi connectivity index (χ0) is 12.3. The van der Waals surface area contributed by atoms with Gasteiger partial charge in [0.2, 0.25) is 0 Å². The molecule has 1 aliphatic rings. The van der Waals surface area contributed by atoms with Crippen LogP contribution in [0, 0.1) is 23.7 Å². The van der Waals surface area contributed by atoms with E-state index in [2.05, 4.69) is 56.6 Å². The molecule has 1 aliphatic carbocycles. The molecule has 0 aliphatic heterocycles. The number of hydrogen-bond donors (Lipinski definition) is 0. The van der Waals surface area contributed by atoms with Crippen molar-refractivity contribution in [2.45, 2.75) is 40.0 Å². The van der Waals surface area contributed by atoms with Gasteiger partial charge in [0.1, 0.15) is 0 Å². The van der Waals surface area contributed by atoms with Crippen LogP contribution in [-0.2, 0) is 0 Å². The third-order valence-corrected chi connectivity index (χ3v) is 7.41. The van der Waals surface area contributed by atoms with Gasteiger partial charge in [0.15, 0.2) is 0 Å². The van der Waals surface area contributed by atoms with E-state index in [1.165, 1.54) is 14.2 Å². The van der Waals surface area contributed by atoms with Crippen molar-refractivity contribution in [2.24, 2.45) is 16.7 Å². The maximum atomic E-state index is 6.65. The van der Waals surface area contributed by atoms with Crippen LogP contribution < -0.4 is 0 Å². The van der Waals surface area contributed by atoms with Gasteiger partial charge in [0, 0.05) is 14.2 Å². The van der Waals surface area contributed by atoms with Gasteiger partial charge in [-0.25, -0.2) is 0 Å². The van der Waals surface area contributed by atoms with Gasteiger partial charge in [-0.2, -0.15) is 0 Å². The number of aryl methyl sites for hydroxylation is 1. The Morgan fingerprint density at radius 3 is 2.12 bits per heavy atom. The van der Waals surface area contributed by atoms with Gasteiger partial charge in [0.05, 0.1) is 5.38 Å². The lowest BCUT2D eigenvalue weighted by molar-refractivity contribution is 0.457. The smallest absolute Gasteiger partial charge is 0.0717 e. The minimum absolute atomic E-state index is 0.153. The lowest BCUT2D eigenvalue weighted by Crippen LogP contribution is -1.97. The molecule has 16 heavy (non-hydrogen) atoms. The van der Waals surface area contributed by atoms with Crippen LogP contribution in [0.2, 0.25) is 0 Å².